The van der Waals surface area contributed by atoms with Crippen LogP contribution in [-0.4, -0.2) is 65.3 Å². The van der Waals surface area contributed by atoms with Gasteiger partial charge in [-0.15, -0.1) is 0 Å². The van der Waals surface area contributed by atoms with Gasteiger partial charge in [0.05, 0.1) is 19.1 Å². The normalized spacial score (nSPS) is 15.5. The summed E-state index contributed by atoms with van der Waals surface area (Å²) in [7, 11) is -1.96. The molecule has 0 radical (unpaired) electrons. The van der Waals surface area contributed by atoms with Gasteiger partial charge in [0.1, 0.15) is 5.75 Å². The standard InChI is InChI=1S/C21H35N3O4S/c1-28-20-12-6-5-11-19(20)24(29(2,26)27)18-9-13-21(25)22-14-10-17-23-15-7-3-4-8-16-23/h5-6,11-12H,3-4,7-10,13-18H2,1-2H3,(H,22,25). The molecular weight excluding hydrogens is 390 g/mol. The molecule has 1 saturated heterocycles. The Kier molecular flexibility index (Phi) is 9.73. The van der Waals surface area contributed by atoms with Crippen LogP contribution in [0.5, 0.6) is 5.75 Å². The molecule has 1 aliphatic rings. The zero-order valence-electron chi connectivity index (χ0n) is 17.7. The molecule has 0 aliphatic carbocycles. The van der Waals surface area contributed by atoms with Gasteiger partial charge < -0.3 is 15.0 Å². The van der Waals surface area contributed by atoms with Crippen molar-refractivity contribution in [2.24, 2.45) is 0 Å². The fourth-order valence-electron chi connectivity index (χ4n) is 3.66. The van der Waals surface area contributed by atoms with Crippen LogP contribution in [0.1, 0.15) is 44.9 Å². The summed E-state index contributed by atoms with van der Waals surface area (Å²) in [4.78, 5) is 14.6. The Morgan fingerprint density at radius 1 is 1.14 bits per heavy atom. The van der Waals surface area contributed by atoms with Crippen molar-refractivity contribution in [1.29, 1.82) is 0 Å². The minimum atomic E-state index is -3.47. The van der Waals surface area contributed by atoms with Crippen molar-refractivity contribution in [2.75, 3.05) is 50.4 Å². The first-order valence-corrected chi connectivity index (χ1v) is 12.4. The third-order valence-corrected chi connectivity index (χ3v) is 6.37. The number of nitrogens with zero attached hydrogens (tertiary/aromatic N) is 2. The van der Waals surface area contributed by atoms with E-state index in [0.29, 0.717) is 30.8 Å². The first-order chi connectivity index (χ1) is 13.9. The predicted molar refractivity (Wildman–Crippen MR) is 117 cm³/mol. The number of likely N-dealkylation sites (tertiary alicyclic amines) is 1. The number of anilines is 1. The lowest BCUT2D eigenvalue weighted by Crippen LogP contribution is -2.33. The van der Waals surface area contributed by atoms with E-state index in [1.807, 2.05) is 0 Å². The lowest BCUT2D eigenvalue weighted by Gasteiger charge is -2.24. The van der Waals surface area contributed by atoms with Gasteiger partial charge in [0, 0.05) is 19.5 Å². The van der Waals surface area contributed by atoms with Gasteiger partial charge in [0.25, 0.3) is 0 Å². The van der Waals surface area contributed by atoms with Gasteiger partial charge in [0.15, 0.2) is 0 Å². The molecule has 8 heteroatoms. The van der Waals surface area contributed by atoms with Gasteiger partial charge in [-0.1, -0.05) is 25.0 Å². The average molecular weight is 426 g/mol. The number of amides is 1. The highest BCUT2D eigenvalue weighted by molar-refractivity contribution is 7.92. The highest BCUT2D eigenvalue weighted by Crippen LogP contribution is 2.29. The molecular formula is C21H35N3O4S. The van der Waals surface area contributed by atoms with E-state index in [0.717, 1.165) is 26.1 Å². The van der Waals surface area contributed by atoms with Crippen LogP contribution in [-0.2, 0) is 14.8 Å². The summed E-state index contributed by atoms with van der Waals surface area (Å²) in [5, 5.41) is 2.95. The third-order valence-electron chi connectivity index (χ3n) is 5.19. The molecule has 0 aromatic heterocycles. The number of para-hydroxylation sites is 2. The Morgan fingerprint density at radius 2 is 1.83 bits per heavy atom. The smallest absolute Gasteiger partial charge is 0.232 e. The van der Waals surface area contributed by atoms with E-state index in [9.17, 15) is 13.2 Å². The summed E-state index contributed by atoms with van der Waals surface area (Å²) in [6.07, 6.45) is 8.06. The Bertz CT molecular complexity index is 731. The molecule has 164 valence electrons. The number of nitrogens with one attached hydrogen (secondary N) is 1. The Labute approximate surface area is 175 Å². The number of carbonyl (C=O) groups is 1. The summed E-state index contributed by atoms with van der Waals surface area (Å²) >= 11 is 0. The Balaban J connectivity index is 1.74. The molecule has 1 aromatic carbocycles. The molecule has 1 amide bonds. The van der Waals surface area contributed by atoms with Crippen LogP contribution in [0.15, 0.2) is 24.3 Å². The monoisotopic (exact) mass is 425 g/mol. The highest BCUT2D eigenvalue weighted by atomic mass is 32.2. The quantitative estimate of drug-likeness (QED) is 0.552. The van der Waals surface area contributed by atoms with Gasteiger partial charge in [-0.05, 0) is 57.5 Å². The second-order valence-electron chi connectivity index (χ2n) is 7.57. The van der Waals surface area contributed by atoms with Gasteiger partial charge >= 0.3 is 0 Å². The number of rotatable bonds is 11. The van der Waals surface area contributed by atoms with Gasteiger partial charge in [-0.25, -0.2) is 8.42 Å². The van der Waals surface area contributed by atoms with E-state index in [4.69, 9.17) is 4.74 Å². The molecule has 0 unspecified atom stereocenters. The second-order valence-corrected chi connectivity index (χ2v) is 9.48. The van der Waals surface area contributed by atoms with E-state index in [2.05, 4.69) is 10.2 Å². The van der Waals surface area contributed by atoms with Crippen molar-refractivity contribution in [1.82, 2.24) is 10.2 Å². The summed E-state index contributed by atoms with van der Waals surface area (Å²) in [6.45, 7) is 4.25. The van der Waals surface area contributed by atoms with Crippen LogP contribution < -0.4 is 14.4 Å². The van der Waals surface area contributed by atoms with E-state index in [-0.39, 0.29) is 12.5 Å². The van der Waals surface area contributed by atoms with Crippen LogP contribution in [0.25, 0.3) is 0 Å². The average Bonchev–Trinajstić information content (AvgIpc) is 2.96. The molecule has 7 nitrogen and oxygen atoms in total. The number of methoxy groups -OCH3 is 1. The highest BCUT2D eigenvalue weighted by Gasteiger charge is 2.20. The summed E-state index contributed by atoms with van der Waals surface area (Å²) < 4.78 is 31.0. The largest absolute Gasteiger partial charge is 0.495 e. The maximum atomic E-state index is 12.2. The zero-order chi connectivity index (χ0) is 21.1. The molecule has 1 aliphatic heterocycles. The molecule has 29 heavy (non-hydrogen) atoms. The molecule has 0 atom stereocenters. The fraction of sp³-hybridized carbons (Fsp3) is 0.667. The molecule has 0 bridgehead atoms. The van der Waals surface area contributed by atoms with Crippen molar-refractivity contribution in [3.8, 4) is 5.75 Å². The topological polar surface area (TPSA) is 79.0 Å². The minimum absolute atomic E-state index is 0.0330. The van der Waals surface area contributed by atoms with Gasteiger partial charge in [-0.2, -0.15) is 0 Å². The second kappa shape index (κ2) is 12.0. The van der Waals surface area contributed by atoms with E-state index >= 15 is 0 Å². The van der Waals surface area contributed by atoms with Crippen LogP contribution in [0.2, 0.25) is 0 Å². The molecule has 1 aromatic rings. The number of hydrogen-bond donors (Lipinski definition) is 1. The Hall–Kier alpha value is -1.80. The molecule has 1 fully saturated rings. The van der Waals surface area contributed by atoms with E-state index < -0.39 is 10.0 Å². The predicted octanol–water partition coefficient (Wildman–Crippen LogP) is 2.62. The minimum Gasteiger partial charge on any atom is -0.495 e. The van der Waals surface area contributed by atoms with Crippen molar-refractivity contribution >= 4 is 21.6 Å². The van der Waals surface area contributed by atoms with Crippen molar-refractivity contribution < 1.29 is 17.9 Å². The molecule has 0 spiro atoms. The third kappa shape index (κ3) is 8.22. The molecule has 0 saturated carbocycles. The first kappa shape index (κ1) is 23.5. The summed E-state index contributed by atoms with van der Waals surface area (Å²) in [5.41, 5.74) is 0.496. The fourth-order valence-corrected chi connectivity index (χ4v) is 4.63. The lowest BCUT2D eigenvalue weighted by atomic mass is 10.2. The number of carbonyl (C=O) groups excluding carboxylic acids is 1. The van der Waals surface area contributed by atoms with E-state index in [1.165, 1.54) is 43.4 Å². The van der Waals surface area contributed by atoms with Crippen LogP contribution >= 0.6 is 0 Å². The van der Waals surface area contributed by atoms with Crippen LogP contribution in [0.3, 0.4) is 0 Å². The summed E-state index contributed by atoms with van der Waals surface area (Å²) in [6, 6.07) is 7.00. The SMILES string of the molecule is COc1ccccc1N(CCCC(=O)NCCCN1CCCCCC1)S(C)(=O)=O. The summed E-state index contributed by atoms with van der Waals surface area (Å²) in [5.74, 6) is 0.463. The number of sulfonamides is 1. The number of ether oxygens (including phenoxy) is 1. The molecule has 2 rings (SSSR count). The van der Waals surface area contributed by atoms with Crippen molar-refractivity contribution in [3.63, 3.8) is 0 Å². The maximum absolute atomic E-state index is 12.2. The van der Waals surface area contributed by atoms with Crippen LogP contribution in [0.4, 0.5) is 5.69 Å². The van der Waals surface area contributed by atoms with E-state index in [1.54, 1.807) is 24.3 Å². The zero-order valence-corrected chi connectivity index (χ0v) is 18.5. The molecule has 1 N–H and O–H groups in total. The van der Waals surface area contributed by atoms with Gasteiger partial charge in [0.2, 0.25) is 15.9 Å². The van der Waals surface area contributed by atoms with Crippen molar-refractivity contribution in [2.45, 2.75) is 44.9 Å². The van der Waals surface area contributed by atoms with Gasteiger partial charge in [-0.3, -0.25) is 9.10 Å². The first-order valence-electron chi connectivity index (χ1n) is 10.5. The van der Waals surface area contributed by atoms with Crippen molar-refractivity contribution in [3.05, 3.63) is 24.3 Å². The van der Waals surface area contributed by atoms with Crippen LogP contribution in [0, 0.1) is 0 Å². The molecule has 1 heterocycles. The maximum Gasteiger partial charge on any atom is 0.232 e. The lowest BCUT2D eigenvalue weighted by molar-refractivity contribution is -0.121. The number of hydrogen-bond acceptors (Lipinski definition) is 5. The Morgan fingerprint density at radius 3 is 2.48 bits per heavy atom. The number of benzene rings is 1.